The van der Waals surface area contributed by atoms with Crippen LogP contribution in [-0.2, 0) is 21.3 Å². The molecule has 1 saturated carbocycles. The van der Waals surface area contributed by atoms with E-state index in [2.05, 4.69) is 17.0 Å². The molecule has 0 radical (unpaired) electrons. The fourth-order valence-corrected chi connectivity index (χ4v) is 8.55. The SMILES string of the molecule is O=C(OC1([C@H]2CCC[C@@H](c3cccc(F)c3)N2S(=O)(=O)c2ccc(Cl)cc2F)CC1)N1CCN(Cc2ccccc2)CC1. The zero-order valence-corrected chi connectivity index (χ0v) is 25.2. The number of nitrogens with zero attached hydrogens (tertiary/aromatic N) is 3. The number of piperazine rings is 1. The van der Waals surface area contributed by atoms with E-state index in [1.54, 1.807) is 11.0 Å². The molecular formula is C32H34ClF2N3O4S. The second-order valence-corrected chi connectivity index (χ2v) is 13.9. The van der Waals surface area contributed by atoms with Gasteiger partial charge in [0.25, 0.3) is 0 Å². The Kier molecular flexibility index (Phi) is 8.48. The van der Waals surface area contributed by atoms with Gasteiger partial charge >= 0.3 is 6.09 Å². The van der Waals surface area contributed by atoms with Crippen LogP contribution in [0.15, 0.2) is 77.7 Å². The van der Waals surface area contributed by atoms with Crippen LogP contribution in [0.4, 0.5) is 13.6 Å². The Hall–Kier alpha value is -3.05. The van der Waals surface area contributed by atoms with Crippen LogP contribution in [0, 0.1) is 11.6 Å². The summed E-state index contributed by atoms with van der Waals surface area (Å²) in [4.78, 5) is 16.9. The lowest BCUT2D eigenvalue weighted by molar-refractivity contribution is -0.0144. The normalized spacial score (nSPS) is 22.7. The molecule has 1 aliphatic carbocycles. The molecule has 2 aliphatic heterocycles. The van der Waals surface area contributed by atoms with Crippen LogP contribution in [0.25, 0.3) is 0 Å². The number of amides is 1. The number of hydrogen-bond donors (Lipinski definition) is 0. The molecule has 0 unspecified atom stereocenters. The second-order valence-electron chi connectivity index (χ2n) is 11.6. The Bertz CT molecular complexity index is 1580. The molecule has 3 aliphatic rings. The Morgan fingerprint density at radius 2 is 1.67 bits per heavy atom. The zero-order valence-electron chi connectivity index (χ0n) is 23.7. The molecule has 2 atom stereocenters. The van der Waals surface area contributed by atoms with E-state index in [1.165, 1.54) is 34.1 Å². The van der Waals surface area contributed by atoms with E-state index >= 15 is 4.39 Å². The van der Waals surface area contributed by atoms with Crippen molar-refractivity contribution in [2.75, 3.05) is 26.2 Å². The number of carbonyl (C=O) groups excluding carboxylic acids is 1. The molecule has 3 aromatic rings. The van der Waals surface area contributed by atoms with Crippen LogP contribution < -0.4 is 0 Å². The maximum Gasteiger partial charge on any atom is 0.410 e. The van der Waals surface area contributed by atoms with Crippen LogP contribution in [0.1, 0.15) is 49.3 Å². The van der Waals surface area contributed by atoms with Gasteiger partial charge < -0.3 is 9.64 Å². The van der Waals surface area contributed by atoms with Crippen LogP contribution >= 0.6 is 11.6 Å². The molecule has 0 N–H and O–H groups in total. The quantitative estimate of drug-likeness (QED) is 0.303. The third kappa shape index (κ3) is 6.29. The lowest BCUT2D eigenvalue weighted by Gasteiger charge is -2.45. The zero-order chi connectivity index (χ0) is 30.2. The average molecular weight is 630 g/mol. The van der Waals surface area contributed by atoms with Gasteiger partial charge in [0, 0.05) is 37.7 Å². The molecule has 7 nitrogen and oxygen atoms in total. The van der Waals surface area contributed by atoms with Gasteiger partial charge in [-0.2, -0.15) is 4.31 Å². The second kappa shape index (κ2) is 12.1. The van der Waals surface area contributed by atoms with E-state index in [4.69, 9.17) is 16.3 Å². The molecule has 1 amide bonds. The molecular weight excluding hydrogens is 596 g/mol. The van der Waals surface area contributed by atoms with Gasteiger partial charge in [-0.1, -0.05) is 54.1 Å². The van der Waals surface area contributed by atoms with Gasteiger partial charge in [0.2, 0.25) is 10.0 Å². The summed E-state index contributed by atoms with van der Waals surface area (Å²) in [6.07, 6.45) is 1.99. The van der Waals surface area contributed by atoms with Gasteiger partial charge in [0.05, 0.1) is 12.1 Å². The largest absolute Gasteiger partial charge is 0.441 e. The van der Waals surface area contributed by atoms with E-state index in [0.29, 0.717) is 63.8 Å². The van der Waals surface area contributed by atoms with Gasteiger partial charge in [-0.25, -0.2) is 22.0 Å². The summed E-state index contributed by atoms with van der Waals surface area (Å²) in [5.41, 5.74) is 0.638. The number of rotatable bonds is 7. The highest BCUT2D eigenvalue weighted by Gasteiger charge is 2.60. The minimum atomic E-state index is -4.44. The molecule has 0 bridgehead atoms. The summed E-state index contributed by atoms with van der Waals surface area (Å²) in [5, 5.41) is 0.0739. The predicted octanol–water partition coefficient (Wildman–Crippen LogP) is 6.39. The van der Waals surface area contributed by atoms with Crippen molar-refractivity contribution in [1.82, 2.24) is 14.1 Å². The maximum atomic E-state index is 15.1. The highest BCUT2D eigenvalue weighted by atomic mass is 35.5. The summed E-state index contributed by atoms with van der Waals surface area (Å²) in [6.45, 7) is 3.18. The maximum absolute atomic E-state index is 15.1. The van der Waals surface area contributed by atoms with E-state index in [9.17, 15) is 17.6 Å². The standard InChI is InChI=1S/C32H34ClF2N3O4S/c33-25-12-13-29(27(35)21-25)43(40,41)38-28(24-8-4-9-26(34)20-24)10-5-11-30(38)32(14-15-32)42-31(39)37-18-16-36(17-19-37)22-23-6-2-1-3-7-23/h1-4,6-9,12-13,20-21,28,30H,5,10-11,14-19,22H2/t28-,30+/m0/s1. The number of sulfonamides is 1. The van der Waals surface area contributed by atoms with Crippen LogP contribution in [0.5, 0.6) is 0 Å². The number of halogens is 3. The first-order valence-electron chi connectivity index (χ1n) is 14.6. The van der Waals surface area contributed by atoms with Crippen molar-refractivity contribution in [2.45, 2.75) is 61.2 Å². The number of benzene rings is 3. The minimum Gasteiger partial charge on any atom is -0.441 e. The first-order valence-corrected chi connectivity index (χ1v) is 16.5. The molecule has 11 heteroatoms. The van der Waals surface area contributed by atoms with Crippen molar-refractivity contribution in [3.63, 3.8) is 0 Å². The first kappa shape index (κ1) is 30.0. The topological polar surface area (TPSA) is 70.2 Å². The highest BCUT2D eigenvalue weighted by Crippen LogP contribution is 2.53. The summed E-state index contributed by atoms with van der Waals surface area (Å²) in [6, 6.07) is 17.9. The van der Waals surface area contributed by atoms with Gasteiger partial charge in [0.15, 0.2) is 0 Å². The Morgan fingerprint density at radius 1 is 0.930 bits per heavy atom. The fourth-order valence-electron chi connectivity index (χ4n) is 6.43. The Morgan fingerprint density at radius 3 is 2.35 bits per heavy atom. The van der Waals surface area contributed by atoms with Crippen molar-refractivity contribution in [3.8, 4) is 0 Å². The van der Waals surface area contributed by atoms with Crippen LogP contribution in [0.2, 0.25) is 5.02 Å². The summed E-state index contributed by atoms with van der Waals surface area (Å²) in [7, 11) is -4.44. The van der Waals surface area contributed by atoms with Crippen LogP contribution in [-0.4, -0.2) is 66.4 Å². The lowest BCUT2D eigenvalue weighted by Crippen LogP contribution is -2.55. The van der Waals surface area contributed by atoms with Gasteiger partial charge in [-0.05, 0) is 73.6 Å². The summed E-state index contributed by atoms with van der Waals surface area (Å²) in [5.74, 6) is -1.46. The van der Waals surface area contributed by atoms with Crippen LogP contribution in [0.3, 0.4) is 0 Å². The molecule has 0 aromatic heterocycles. The number of ether oxygens (including phenoxy) is 1. The number of hydrogen-bond acceptors (Lipinski definition) is 5. The smallest absolute Gasteiger partial charge is 0.410 e. The van der Waals surface area contributed by atoms with Crippen molar-refractivity contribution in [3.05, 3.63) is 101 Å². The van der Waals surface area contributed by atoms with E-state index < -0.39 is 50.3 Å². The van der Waals surface area contributed by atoms with Crippen molar-refractivity contribution >= 4 is 27.7 Å². The molecule has 228 valence electrons. The third-order valence-electron chi connectivity index (χ3n) is 8.77. The molecule has 2 heterocycles. The molecule has 0 spiro atoms. The highest BCUT2D eigenvalue weighted by molar-refractivity contribution is 7.89. The molecule has 6 rings (SSSR count). The fraction of sp³-hybridized carbons (Fsp3) is 0.406. The average Bonchev–Trinajstić information content (AvgIpc) is 3.78. The van der Waals surface area contributed by atoms with E-state index in [-0.39, 0.29) is 5.02 Å². The first-order chi connectivity index (χ1) is 20.7. The summed E-state index contributed by atoms with van der Waals surface area (Å²) >= 11 is 5.93. The molecule has 43 heavy (non-hydrogen) atoms. The Labute approximate surface area is 256 Å². The Balaban J connectivity index is 1.24. The van der Waals surface area contributed by atoms with Crippen molar-refractivity contribution in [1.29, 1.82) is 0 Å². The minimum absolute atomic E-state index is 0.0739. The van der Waals surface area contributed by atoms with E-state index in [1.807, 2.05) is 18.2 Å². The monoisotopic (exact) mass is 629 g/mol. The van der Waals surface area contributed by atoms with Gasteiger partial charge in [-0.15, -0.1) is 0 Å². The number of piperidine rings is 1. The van der Waals surface area contributed by atoms with Gasteiger partial charge in [-0.3, -0.25) is 4.90 Å². The molecule has 3 fully saturated rings. The van der Waals surface area contributed by atoms with Gasteiger partial charge in [0.1, 0.15) is 22.1 Å². The predicted molar refractivity (Wildman–Crippen MR) is 159 cm³/mol. The third-order valence-corrected chi connectivity index (χ3v) is 11.0. The molecule has 2 saturated heterocycles. The molecule has 3 aromatic carbocycles. The summed E-state index contributed by atoms with van der Waals surface area (Å²) < 4.78 is 65.4. The van der Waals surface area contributed by atoms with Crippen molar-refractivity contribution < 1.29 is 26.7 Å². The number of carbonyl (C=O) groups is 1. The van der Waals surface area contributed by atoms with Crippen molar-refractivity contribution in [2.24, 2.45) is 0 Å². The van der Waals surface area contributed by atoms with E-state index in [0.717, 1.165) is 18.7 Å². The lowest BCUT2D eigenvalue weighted by atomic mass is 9.90.